The number of hydrogen-bond acceptors (Lipinski definition) is 3. The summed E-state index contributed by atoms with van der Waals surface area (Å²) in [5.74, 6) is -0.268. The molecule has 1 N–H and O–H groups in total. The quantitative estimate of drug-likeness (QED) is 0.904. The molecule has 19 heavy (non-hydrogen) atoms. The molecule has 1 aromatic carbocycles. The fourth-order valence-corrected chi connectivity index (χ4v) is 3.76. The molecule has 2 rings (SSSR count). The molecule has 0 aromatic heterocycles. The zero-order valence-electron chi connectivity index (χ0n) is 11.1. The molecule has 1 amide bonds. The smallest absolute Gasteiger partial charge is 0.251 e. The molecule has 1 aromatic rings. The van der Waals surface area contributed by atoms with Crippen LogP contribution in [-0.4, -0.2) is 38.8 Å². The third kappa shape index (κ3) is 2.64. The predicted molar refractivity (Wildman–Crippen MR) is 72.6 cm³/mol. The molecular formula is C13H18N2O3S. The number of hydrogen-bond donors (Lipinski definition) is 1. The van der Waals surface area contributed by atoms with Crippen molar-refractivity contribution in [2.45, 2.75) is 24.7 Å². The number of nitrogens with one attached hydrogen (secondary N) is 1. The van der Waals surface area contributed by atoms with E-state index in [1.807, 2.05) is 0 Å². The summed E-state index contributed by atoms with van der Waals surface area (Å²) in [4.78, 5) is 11.9. The molecule has 1 heterocycles. The second kappa shape index (κ2) is 5.30. The number of rotatable bonds is 3. The number of carbonyl (C=O) groups excluding carboxylic acids is 1. The second-order valence-electron chi connectivity index (χ2n) is 4.67. The van der Waals surface area contributed by atoms with E-state index >= 15 is 0 Å². The third-order valence-electron chi connectivity index (χ3n) is 3.38. The molecular weight excluding hydrogens is 264 g/mol. The first-order valence-electron chi connectivity index (χ1n) is 6.29. The van der Waals surface area contributed by atoms with E-state index in [-0.39, 0.29) is 10.8 Å². The van der Waals surface area contributed by atoms with Gasteiger partial charge in [-0.2, -0.15) is 4.31 Å². The average molecular weight is 282 g/mol. The molecule has 0 atom stereocenters. The van der Waals surface area contributed by atoms with E-state index in [4.69, 9.17) is 0 Å². The Balaban J connectivity index is 2.43. The van der Waals surface area contributed by atoms with E-state index in [1.165, 1.54) is 17.4 Å². The van der Waals surface area contributed by atoms with E-state index in [9.17, 15) is 13.2 Å². The standard InChI is InChI=1S/C13H18N2O3S/c1-10-5-6-11(9-12(10)13(16)14-2)19(17,18)15-7-3-4-8-15/h5-6,9H,3-4,7-8H2,1-2H3,(H,14,16). The summed E-state index contributed by atoms with van der Waals surface area (Å²) >= 11 is 0. The van der Waals surface area contributed by atoms with Gasteiger partial charge in [0.15, 0.2) is 0 Å². The van der Waals surface area contributed by atoms with Crippen LogP contribution in [0.15, 0.2) is 23.1 Å². The highest BCUT2D eigenvalue weighted by Gasteiger charge is 2.27. The summed E-state index contributed by atoms with van der Waals surface area (Å²) in [7, 11) is -1.94. The highest BCUT2D eigenvalue weighted by molar-refractivity contribution is 7.89. The van der Waals surface area contributed by atoms with Gasteiger partial charge in [0.2, 0.25) is 10.0 Å². The lowest BCUT2D eigenvalue weighted by Crippen LogP contribution is -2.28. The van der Waals surface area contributed by atoms with Gasteiger partial charge in [0.25, 0.3) is 5.91 Å². The second-order valence-corrected chi connectivity index (χ2v) is 6.60. The fourth-order valence-electron chi connectivity index (χ4n) is 2.22. The van der Waals surface area contributed by atoms with E-state index in [0.717, 1.165) is 18.4 Å². The molecule has 0 aliphatic carbocycles. The van der Waals surface area contributed by atoms with Crippen molar-refractivity contribution >= 4 is 15.9 Å². The maximum atomic E-state index is 12.4. The largest absolute Gasteiger partial charge is 0.355 e. The number of carbonyl (C=O) groups is 1. The first-order valence-corrected chi connectivity index (χ1v) is 7.73. The van der Waals surface area contributed by atoms with Crippen molar-refractivity contribution in [1.29, 1.82) is 0 Å². The summed E-state index contributed by atoms with van der Waals surface area (Å²) in [6, 6.07) is 4.70. The lowest BCUT2D eigenvalue weighted by atomic mass is 10.1. The van der Waals surface area contributed by atoms with Gasteiger partial charge in [0, 0.05) is 25.7 Å². The summed E-state index contributed by atoms with van der Waals surface area (Å²) in [6.45, 7) is 2.91. The summed E-state index contributed by atoms with van der Waals surface area (Å²) < 4.78 is 26.3. The van der Waals surface area contributed by atoms with E-state index in [2.05, 4.69) is 5.32 Å². The van der Waals surface area contributed by atoms with Gasteiger partial charge in [-0.05, 0) is 37.5 Å². The van der Waals surface area contributed by atoms with Gasteiger partial charge in [-0.15, -0.1) is 0 Å². The van der Waals surface area contributed by atoms with Gasteiger partial charge in [-0.1, -0.05) is 6.07 Å². The minimum Gasteiger partial charge on any atom is -0.355 e. The van der Waals surface area contributed by atoms with Gasteiger partial charge in [-0.25, -0.2) is 8.42 Å². The zero-order valence-corrected chi connectivity index (χ0v) is 12.0. The number of aryl methyl sites for hydroxylation is 1. The minimum atomic E-state index is -3.47. The van der Waals surface area contributed by atoms with Crippen LogP contribution < -0.4 is 5.32 Å². The number of nitrogens with zero attached hydrogens (tertiary/aromatic N) is 1. The Morgan fingerprint density at radius 3 is 2.47 bits per heavy atom. The highest BCUT2D eigenvalue weighted by atomic mass is 32.2. The van der Waals surface area contributed by atoms with Crippen molar-refractivity contribution in [2.24, 2.45) is 0 Å². The first-order chi connectivity index (χ1) is 8.96. The van der Waals surface area contributed by atoms with E-state index < -0.39 is 10.0 Å². The predicted octanol–water partition coefficient (Wildman–Crippen LogP) is 1.14. The Morgan fingerprint density at radius 1 is 1.26 bits per heavy atom. The van der Waals surface area contributed by atoms with Crippen LogP contribution in [0.2, 0.25) is 0 Å². The Bertz CT molecular complexity index is 590. The van der Waals surface area contributed by atoms with Gasteiger partial charge < -0.3 is 5.32 Å². The molecule has 1 aliphatic heterocycles. The van der Waals surface area contributed by atoms with Gasteiger partial charge >= 0.3 is 0 Å². The van der Waals surface area contributed by atoms with Crippen LogP contribution in [-0.2, 0) is 10.0 Å². The van der Waals surface area contributed by atoms with Crippen molar-refractivity contribution in [3.05, 3.63) is 29.3 Å². The SMILES string of the molecule is CNC(=O)c1cc(S(=O)(=O)N2CCCC2)ccc1C. The Labute approximate surface area is 113 Å². The molecule has 1 saturated heterocycles. The van der Waals surface area contributed by atoms with Gasteiger partial charge in [-0.3, -0.25) is 4.79 Å². The van der Waals surface area contributed by atoms with Crippen molar-refractivity contribution in [3.8, 4) is 0 Å². The van der Waals surface area contributed by atoms with Gasteiger partial charge in [0.05, 0.1) is 4.90 Å². The number of benzene rings is 1. The van der Waals surface area contributed by atoms with Crippen LogP contribution in [0.4, 0.5) is 0 Å². The molecule has 6 heteroatoms. The van der Waals surface area contributed by atoms with Crippen LogP contribution in [0.3, 0.4) is 0 Å². The molecule has 0 radical (unpaired) electrons. The zero-order chi connectivity index (χ0) is 14.0. The lowest BCUT2D eigenvalue weighted by Gasteiger charge is -2.16. The topological polar surface area (TPSA) is 66.5 Å². The molecule has 1 fully saturated rings. The first kappa shape index (κ1) is 14.0. The molecule has 1 aliphatic rings. The van der Waals surface area contributed by atoms with E-state index in [0.29, 0.717) is 18.7 Å². The molecule has 0 spiro atoms. The summed E-state index contributed by atoms with van der Waals surface area (Å²) in [5, 5.41) is 2.52. The lowest BCUT2D eigenvalue weighted by molar-refractivity contribution is 0.0962. The van der Waals surface area contributed by atoms with Crippen LogP contribution in [0.1, 0.15) is 28.8 Å². The summed E-state index contributed by atoms with van der Waals surface area (Å²) in [6.07, 6.45) is 1.79. The van der Waals surface area contributed by atoms with E-state index in [1.54, 1.807) is 19.1 Å². The van der Waals surface area contributed by atoms with Crippen molar-refractivity contribution < 1.29 is 13.2 Å². The van der Waals surface area contributed by atoms with Crippen LogP contribution >= 0.6 is 0 Å². The van der Waals surface area contributed by atoms with Crippen molar-refractivity contribution in [3.63, 3.8) is 0 Å². The Kier molecular flexibility index (Phi) is 3.91. The summed E-state index contributed by atoms with van der Waals surface area (Å²) in [5.41, 5.74) is 1.17. The van der Waals surface area contributed by atoms with Gasteiger partial charge in [0.1, 0.15) is 0 Å². The molecule has 5 nitrogen and oxygen atoms in total. The highest BCUT2D eigenvalue weighted by Crippen LogP contribution is 2.22. The maximum absolute atomic E-state index is 12.4. The van der Waals surface area contributed by atoms with Crippen LogP contribution in [0.5, 0.6) is 0 Å². The van der Waals surface area contributed by atoms with Crippen LogP contribution in [0.25, 0.3) is 0 Å². The number of amides is 1. The average Bonchev–Trinajstić information content (AvgIpc) is 2.92. The van der Waals surface area contributed by atoms with Crippen molar-refractivity contribution in [1.82, 2.24) is 9.62 Å². The monoisotopic (exact) mass is 282 g/mol. The fraction of sp³-hybridized carbons (Fsp3) is 0.462. The Morgan fingerprint density at radius 2 is 1.89 bits per heavy atom. The molecule has 0 unspecified atom stereocenters. The molecule has 0 bridgehead atoms. The molecule has 104 valence electrons. The minimum absolute atomic E-state index is 0.193. The van der Waals surface area contributed by atoms with Crippen molar-refractivity contribution in [2.75, 3.05) is 20.1 Å². The Hall–Kier alpha value is -1.40. The maximum Gasteiger partial charge on any atom is 0.251 e. The molecule has 0 saturated carbocycles. The van der Waals surface area contributed by atoms with Crippen LogP contribution in [0, 0.1) is 6.92 Å². The normalized spacial score (nSPS) is 16.5. The third-order valence-corrected chi connectivity index (χ3v) is 5.28. The number of sulfonamides is 1.